The Hall–Kier alpha value is -2.43. The number of nitrogens with one attached hydrogen (secondary N) is 1. The summed E-state index contributed by atoms with van der Waals surface area (Å²) in [5.41, 5.74) is 2.77. The van der Waals surface area contributed by atoms with Gasteiger partial charge in [0.25, 0.3) is 5.69 Å². The maximum absolute atomic E-state index is 13.6. The van der Waals surface area contributed by atoms with Crippen molar-refractivity contribution in [2.45, 2.75) is 20.4 Å². The van der Waals surface area contributed by atoms with Crippen molar-refractivity contribution in [1.29, 1.82) is 0 Å². The van der Waals surface area contributed by atoms with Gasteiger partial charge in [-0.1, -0.05) is 18.2 Å². The molecule has 0 heterocycles. The standard InChI is InChI=1S/C15H15FN2O2/c1-10-3-6-13(16)14(7-10)17-9-12-5-4-11(2)15(8-12)18(19)20/h3-8,17H,9H2,1-2H3. The predicted molar refractivity (Wildman–Crippen MR) is 76.3 cm³/mol. The number of hydrogen-bond acceptors (Lipinski definition) is 3. The molecule has 0 aliphatic rings. The van der Waals surface area contributed by atoms with E-state index in [4.69, 9.17) is 0 Å². The van der Waals surface area contributed by atoms with E-state index in [1.165, 1.54) is 12.1 Å². The summed E-state index contributed by atoms with van der Waals surface area (Å²) in [5, 5.41) is 13.8. The minimum absolute atomic E-state index is 0.0778. The third-order valence-electron chi connectivity index (χ3n) is 3.08. The smallest absolute Gasteiger partial charge is 0.272 e. The Morgan fingerprint density at radius 3 is 2.65 bits per heavy atom. The zero-order valence-electron chi connectivity index (χ0n) is 11.3. The molecule has 4 nitrogen and oxygen atoms in total. The van der Waals surface area contributed by atoms with E-state index in [1.54, 1.807) is 31.2 Å². The lowest BCUT2D eigenvalue weighted by Gasteiger charge is -2.09. The fourth-order valence-electron chi connectivity index (χ4n) is 1.93. The second kappa shape index (κ2) is 5.69. The molecule has 0 fully saturated rings. The Bertz CT molecular complexity index is 656. The minimum atomic E-state index is -0.411. The van der Waals surface area contributed by atoms with Crippen molar-refractivity contribution in [3.05, 3.63) is 69.0 Å². The lowest BCUT2D eigenvalue weighted by molar-refractivity contribution is -0.385. The van der Waals surface area contributed by atoms with Crippen LogP contribution < -0.4 is 5.32 Å². The van der Waals surface area contributed by atoms with Gasteiger partial charge in [0.05, 0.1) is 10.6 Å². The van der Waals surface area contributed by atoms with E-state index in [-0.39, 0.29) is 11.5 Å². The number of anilines is 1. The third-order valence-corrected chi connectivity index (χ3v) is 3.08. The quantitative estimate of drug-likeness (QED) is 0.678. The molecule has 0 atom stereocenters. The van der Waals surface area contributed by atoms with Gasteiger partial charge in [-0.2, -0.15) is 0 Å². The maximum Gasteiger partial charge on any atom is 0.272 e. The monoisotopic (exact) mass is 274 g/mol. The van der Waals surface area contributed by atoms with E-state index in [1.807, 2.05) is 6.92 Å². The van der Waals surface area contributed by atoms with Crippen LogP contribution in [0.15, 0.2) is 36.4 Å². The van der Waals surface area contributed by atoms with Crippen LogP contribution in [0, 0.1) is 29.8 Å². The van der Waals surface area contributed by atoms with Crippen molar-refractivity contribution in [1.82, 2.24) is 0 Å². The van der Waals surface area contributed by atoms with Crippen LogP contribution >= 0.6 is 0 Å². The summed E-state index contributed by atoms with van der Waals surface area (Å²) in [4.78, 5) is 10.5. The molecule has 0 radical (unpaired) electrons. The molecule has 104 valence electrons. The summed E-state index contributed by atoms with van der Waals surface area (Å²) in [5.74, 6) is -0.336. The highest BCUT2D eigenvalue weighted by molar-refractivity contribution is 5.49. The Kier molecular flexibility index (Phi) is 3.98. The summed E-state index contributed by atoms with van der Waals surface area (Å²) >= 11 is 0. The fourth-order valence-corrected chi connectivity index (χ4v) is 1.93. The van der Waals surface area contributed by atoms with Crippen LogP contribution in [0.2, 0.25) is 0 Å². The Morgan fingerprint density at radius 2 is 1.95 bits per heavy atom. The van der Waals surface area contributed by atoms with Gasteiger partial charge in [0.2, 0.25) is 0 Å². The largest absolute Gasteiger partial charge is 0.379 e. The molecule has 0 aliphatic carbocycles. The van der Waals surface area contributed by atoms with Crippen LogP contribution in [0.1, 0.15) is 16.7 Å². The van der Waals surface area contributed by atoms with Crippen molar-refractivity contribution in [2.75, 3.05) is 5.32 Å². The Morgan fingerprint density at radius 1 is 1.20 bits per heavy atom. The lowest BCUT2D eigenvalue weighted by Crippen LogP contribution is -2.03. The van der Waals surface area contributed by atoms with Crippen molar-refractivity contribution in [3.63, 3.8) is 0 Å². The van der Waals surface area contributed by atoms with E-state index in [2.05, 4.69) is 5.32 Å². The highest BCUT2D eigenvalue weighted by Crippen LogP contribution is 2.21. The normalized spacial score (nSPS) is 10.3. The van der Waals surface area contributed by atoms with E-state index in [0.29, 0.717) is 17.8 Å². The van der Waals surface area contributed by atoms with Crippen LogP contribution in [0.3, 0.4) is 0 Å². The van der Waals surface area contributed by atoms with Gasteiger partial charge in [0.1, 0.15) is 5.82 Å². The first-order valence-corrected chi connectivity index (χ1v) is 6.21. The summed E-state index contributed by atoms with van der Waals surface area (Å²) in [6.07, 6.45) is 0. The van der Waals surface area contributed by atoms with Gasteiger partial charge in [0, 0.05) is 18.2 Å². The number of hydrogen-bond donors (Lipinski definition) is 1. The highest BCUT2D eigenvalue weighted by Gasteiger charge is 2.11. The second-order valence-corrected chi connectivity index (χ2v) is 4.71. The first kappa shape index (κ1) is 14.0. The Balaban J connectivity index is 2.17. The molecule has 0 saturated carbocycles. The van der Waals surface area contributed by atoms with Gasteiger partial charge < -0.3 is 5.32 Å². The van der Waals surface area contributed by atoms with Crippen molar-refractivity contribution >= 4 is 11.4 Å². The molecule has 0 saturated heterocycles. The van der Waals surface area contributed by atoms with Crippen molar-refractivity contribution in [3.8, 4) is 0 Å². The molecule has 0 bridgehead atoms. The van der Waals surface area contributed by atoms with E-state index in [0.717, 1.165) is 11.1 Å². The summed E-state index contributed by atoms with van der Waals surface area (Å²) in [7, 11) is 0. The summed E-state index contributed by atoms with van der Waals surface area (Å²) < 4.78 is 13.6. The number of aryl methyl sites for hydroxylation is 2. The number of benzene rings is 2. The number of nitro groups is 1. The molecule has 0 unspecified atom stereocenters. The zero-order valence-corrected chi connectivity index (χ0v) is 11.3. The Labute approximate surface area is 116 Å². The minimum Gasteiger partial charge on any atom is -0.379 e. The fraction of sp³-hybridized carbons (Fsp3) is 0.200. The zero-order chi connectivity index (χ0) is 14.7. The molecule has 5 heteroatoms. The van der Waals surface area contributed by atoms with Crippen LogP contribution in [-0.2, 0) is 6.54 Å². The highest BCUT2D eigenvalue weighted by atomic mass is 19.1. The van der Waals surface area contributed by atoms with Gasteiger partial charge >= 0.3 is 0 Å². The molecule has 0 amide bonds. The van der Waals surface area contributed by atoms with Gasteiger partial charge in [-0.05, 0) is 37.1 Å². The molecule has 0 spiro atoms. The molecule has 0 aromatic heterocycles. The second-order valence-electron chi connectivity index (χ2n) is 4.71. The number of nitro benzene ring substituents is 1. The molecule has 2 rings (SSSR count). The maximum atomic E-state index is 13.6. The molecule has 2 aromatic carbocycles. The average Bonchev–Trinajstić information content (AvgIpc) is 2.41. The summed E-state index contributed by atoms with van der Waals surface area (Å²) in [6.45, 7) is 3.90. The molecule has 1 N–H and O–H groups in total. The van der Waals surface area contributed by atoms with Crippen molar-refractivity contribution < 1.29 is 9.31 Å². The van der Waals surface area contributed by atoms with Crippen LogP contribution in [0.25, 0.3) is 0 Å². The molecular weight excluding hydrogens is 259 g/mol. The van der Waals surface area contributed by atoms with Gasteiger partial charge in [-0.25, -0.2) is 4.39 Å². The van der Waals surface area contributed by atoms with Crippen LogP contribution in [-0.4, -0.2) is 4.92 Å². The van der Waals surface area contributed by atoms with Gasteiger partial charge in [0.15, 0.2) is 0 Å². The first-order chi connectivity index (χ1) is 9.47. The van der Waals surface area contributed by atoms with Crippen LogP contribution in [0.5, 0.6) is 0 Å². The predicted octanol–water partition coefficient (Wildman–Crippen LogP) is 3.96. The van der Waals surface area contributed by atoms with E-state index < -0.39 is 4.92 Å². The number of nitrogens with zero attached hydrogens (tertiary/aromatic N) is 1. The molecule has 0 aliphatic heterocycles. The lowest BCUT2D eigenvalue weighted by atomic mass is 10.1. The number of rotatable bonds is 4. The summed E-state index contributed by atoms with van der Waals surface area (Å²) in [6, 6.07) is 9.80. The van der Waals surface area contributed by atoms with Crippen molar-refractivity contribution in [2.24, 2.45) is 0 Å². The molecule has 2 aromatic rings. The SMILES string of the molecule is Cc1ccc(F)c(NCc2ccc(C)c([N+](=O)[O-])c2)c1. The van der Waals surface area contributed by atoms with Gasteiger partial charge in [-0.15, -0.1) is 0 Å². The molecular formula is C15H15FN2O2. The third kappa shape index (κ3) is 3.12. The first-order valence-electron chi connectivity index (χ1n) is 6.21. The number of halogens is 1. The average molecular weight is 274 g/mol. The van der Waals surface area contributed by atoms with Gasteiger partial charge in [-0.3, -0.25) is 10.1 Å². The van der Waals surface area contributed by atoms with E-state index >= 15 is 0 Å². The van der Waals surface area contributed by atoms with E-state index in [9.17, 15) is 14.5 Å². The topological polar surface area (TPSA) is 55.2 Å². The van der Waals surface area contributed by atoms with Crippen LogP contribution in [0.4, 0.5) is 15.8 Å². The molecule has 20 heavy (non-hydrogen) atoms.